The van der Waals surface area contributed by atoms with Crippen LogP contribution in [0.1, 0.15) is 12.0 Å². The van der Waals surface area contributed by atoms with Crippen molar-refractivity contribution in [2.45, 2.75) is 19.1 Å². The van der Waals surface area contributed by atoms with E-state index in [-0.39, 0.29) is 12.0 Å². The zero-order chi connectivity index (χ0) is 13.7. The second-order valence-electron chi connectivity index (χ2n) is 4.78. The molecule has 19 heavy (non-hydrogen) atoms. The summed E-state index contributed by atoms with van der Waals surface area (Å²) in [6.45, 7) is 2.86. The molecule has 0 radical (unpaired) electrons. The van der Waals surface area contributed by atoms with Gasteiger partial charge in [0.1, 0.15) is 0 Å². The Labute approximate surface area is 118 Å². The summed E-state index contributed by atoms with van der Waals surface area (Å²) >= 11 is 5.93. The number of benzene rings is 1. The molecule has 5 heteroatoms. The van der Waals surface area contributed by atoms with Gasteiger partial charge in [-0.25, -0.2) is 0 Å². The van der Waals surface area contributed by atoms with Crippen LogP contribution >= 0.6 is 11.6 Å². The van der Waals surface area contributed by atoms with Gasteiger partial charge in [-0.3, -0.25) is 4.79 Å². The van der Waals surface area contributed by atoms with Crippen LogP contribution in [-0.4, -0.2) is 43.7 Å². The molecule has 0 spiro atoms. The fraction of sp³-hybridized carbons (Fsp3) is 0.500. The minimum atomic E-state index is -0.0111. The standard InChI is InChI=1S/C14H19ClN2O2/c1-17(10-11-3-2-4-12(15)7-11)14(18)8-13-9-16-5-6-19-13/h2-4,7,13,16H,5-6,8-10H2,1H3. The normalized spacial score (nSPS) is 19.2. The third kappa shape index (κ3) is 4.49. The summed E-state index contributed by atoms with van der Waals surface area (Å²) in [5.41, 5.74) is 1.03. The predicted octanol–water partition coefficient (Wildman–Crippen LogP) is 1.68. The number of rotatable bonds is 4. The maximum absolute atomic E-state index is 12.1. The summed E-state index contributed by atoms with van der Waals surface area (Å²) in [4.78, 5) is 13.8. The molecule has 0 saturated carbocycles. The summed E-state index contributed by atoms with van der Waals surface area (Å²) < 4.78 is 5.54. The van der Waals surface area contributed by atoms with E-state index in [2.05, 4.69) is 5.32 Å². The Morgan fingerprint density at radius 1 is 1.58 bits per heavy atom. The molecule has 1 aliphatic rings. The maximum atomic E-state index is 12.1. The van der Waals surface area contributed by atoms with Gasteiger partial charge < -0.3 is 15.0 Å². The molecule has 1 N–H and O–H groups in total. The van der Waals surface area contributed by atoms with Crippen molar-refractivity contribution in [3.63, 3.8) is 0 Å². The molecule has 1 unspecified atom stereocenters. The van der Waals surface area contributed by atoms with Gasteiger partial charge >= 0.3 is 0 Å². The fourth-order valence-electron chi connectivity index (χ4n) is 2.10. The van der Waals surface area contributed by atoms with Crippen LogP contribution in [0.15, 0.2) is 24.3 Å². The van der Waals surface area contributed by atoms with Crippen molar-refractivity contribution in [2.75, 3.05) is 26.7 Å². The average Bonchev–Trinajstić information content (AvgIpc) is 2.40. The van der Waals surface area contributed by atoms with Gasteiger partial charge in [0, 0.05) is 31.7 Å². The lowest BCUT2D eigenvalue weighted by Gasteiger charge is -2.25. The Bertz CT molecular complexity index is 433. The first-order valence-electron chi connectivity index (χ1n) is 6.46. The molecule has 0 aromatic heterocycles. The predicted molar refractivity (Wildman–Crippen MR) is 75.2 cm³/mol. The minimum Gasteiger partial charge on any atom is -0.375 e. The highest BCUT2D eigenvalue weighted by Gasteiger charge is 2.19. The number of hydrogen-bond donors (Lipinski definition) is 1. The molecule has 0 aliphatic carbocycles. The van der Waals surface area contributed by atoms with E-state index in [1.54, 1.807) is 11.9 Å². The molecule has 1 fully saturated rings. The largest absolute Gasteiger partial charge is 0.375 e. The average molecular weight is 283 g/mol. The van der Waals surface area contributed by atoms with Gasteiger partial charge in [0.15, 0.2) is 0 Å². The van der Waals surface area contributed by atoms with E-state index in [1.807, 2.05) is 24.3 Å². The van der Waals surface area contributed by atoms with E-state index < -0.39 is 0 Å². The van der Waals surface area contributed by atoms with Gasteiger partial charge in [0.25, 0.3) is 0 Å². The van der Waals surface area contributed by atoms with E-state index >= 15 is 0 Å². The van der Waals surface area contributed by atoms with Crippen LogP contribution in [0.5, 0.6) is 0 Å². The molecular formula is C14H19ClN2O2. The molecule has 1 atom stereocenters. The van der Waals surface area contributed by atoms with Crippen LogP contribution in [0.4, 0.5) is 0 Å². The van der Waals surface area contributed by atoms with E-state index in [4.69, 9.17) is 16.3 Å². The van der Waals surface area contributed by atoms with Crippen LogP contribution in [0.3, 0.4) is 0 Å². The molecule has 4 nitrogen and oxygen atoms in total. The van der Waals surface area contributed by atoms with Crippen molar-refractivity contribution in [1.29, 1.82) is 0 Å². The Balaban J connectivity index is 1.84. The van der Waals surface area contributed by atoms with Crippen molar-refractivity contribution in [3.8, 4) is 0 Å². The number of nitrogens with zero attached hydrogens (tertiary/aromatic N) is 1. The van der Waals surface area contributed by atoms with Gasteiger partial charge in [-0.1, -0.05) is 23.7 Å². The van der Waals surface area contributed by atoms with Crippen LogP contribution in [0, 0.1) is 0 Å². The van der Waals surface area contributed by atoms with E-state index in [0.29, 0.717) is 24.6 Å². The number of morpholine rings is 1. The molecule has 1 saturated heterocycles. The Hall–Kier alpha value is -1.10. The van der Waals surface area contributed by atoms with Crippen molar-refractivity contribution in [1.82, 2.24) is 10.2 Å². The van der Waals surface area contributed by atoms with Crippen LogP contribution in [0.25, 0.3) is 0 Å². The smallest absolute Gasteiger partial charge is 0.225 e. The molecule has 1 amide bonds. The Morgan fingerprint density at radius 3 is 3.11 bits per heavy atom. The molecular weight excluding hydrogens is 264 g/mol. The van der Waals surface area contributed by atoms with Gasteiger partial charge in [-0.05, 0) is 17.7 Å². The molecule has 1 aromatic rings. The highest BCUT2D eigenvalue weighted by molar-refractivity contribution is 6.30. The molecule has 1 aliphatic heterocycles. The zero-order valence-corrected chi connectivity index (χ0v) is 11.8. The number of nitrogens with one attached hydrogen (secondary N) is 1. The second-order valence-corrected chi connectivity index (χ2v) is 5.22. The SMILES string of the molecule is CN(Cc1cccc(Cl)c1)C(=O)CC1CNCCO1. The number of carbonyl (C=O) groups excluding carboxylic acids is 1. The molecule has 2 rings (SSSR count). The number of amides is 1. The van der Waals surface area contributed by atoms with Gasteiger partial charge in [-0.15, -0.1) is 0 Å². The summed E-state index contributed by atoms with van der Waals surface area (Å²) in [5.74, 6) is 0.0914. The lowest BCUT2D eigenvalue weighted by molar-refractivity contribution is -0.133. The van der Waals surface area contributed by atoms with Gasteiger partial charge in [0.05, 0.1) is 19.1 Å². The van der Waals surface area contributed by atoms with Crippen LogP contribution in [-0.2, 0) is 16.1 Å². The van der Waals surface area contributed by atoms with E-state index in [1.165, 1.54) is 0 Å². The van der Waals surface area contributed by atoms with Crippen molar-refractivity contribution < 1.29 is 9.53 Å². The van der Waals surface area contributed by atoms with Gasteiger partial charge in [0.2, 0.25) is 5.91 Å². The van der Waals surface area contributed by atoms with Crippen molar-refractivity contribution in [3.05, 3.63) is 34.9 Å². The molecule has 1 aromatic carbocycles. The van der Waals surface area contributed by atoms with Crippen LogP contribution in [0.2, 0.25) is 5.02 Å². The topological polar surface area (TPSA) is 41.6 Å². The lowest BCUT2D eigenvalue weighted by atomic mass is 10.2. The quantitative estimate of drug-likeness (QED) is 0.914. The summed E-state index contributed by atoms with van der Waals surface area (Å²) in [6.07, 6.45) is 0.410. The zero-order valence-electron chi connectivity index (χ0n) is 11.1. The Kier molecular flexibility index (Phi) is 5.19. The van der Waals surface area contributed by atoms with Crippen LogP contribution < -0.4 is 5.32 Å². The van der Waals surface area contributed by atoms with Gasteiger partial charge in [-0.2, -0.15) is 0 Å². The molecule has 104 valence electrons. The maximum Gasteiger partial charge on any atom is 0.225 e. The number of ether oxygens (including phenoxy) is 1. The monoisotopic (exact) mass is 282 g/mol. The third-order valence-electron chi connectivity index (χ3n) is 3.14. The fourth-order valence-corrected chi connectivity index (χ4v) is 2.31. The number of carbonyl (C=O) groups is 1. The van der Waals surface area contributed by atoms with Crippen molar-refractivity contribution in [2.24, 2.45) is 0 Å². The minimum absolute atomic E-state index is 0.0111. The molecule has 0 bridgehead atoms. The van der Waals surface area contributed by atoms with E-state index in [9.17, 15) is 4.79 Å². The number of halogens is 1. The highest BCUT2D eigenvalue weighted by atomic mass is 35.5. The molecule has 1 heterocycles. The third-order valence-corrected chi connectivity index (χ3v) is 3.38. The van der Waals surface area contributed by atoms with Crippen molar-refractivity contribution >= 4 is 17.5 Å². The summed E-state index contributed by atoms with van der Waals surface area (Å²) in [7, 11) is 1.81. The second kappa shape index (κ2) is 6.89. The lowest BCUT2D eigenvalue weighted by Crippen LogP contribution is -2.41. The first kappa shape index (κ1) is 14.3. The Morgan fingerprint density at radius 2 is 2.42 bits per heavy atom. The first-order valence-corrected chi connectivity index (χ1v) is 6.83. The highest BCUT2D eigenvalue weighted by Crippen LogP contribution is 2.13. The summed E-state index contributed by atoms with van der Waals surface area (Å²) in [6, 6.07) is 7.57. The summed E-state index contributed by atoms with van der Waals surface area (Å²) in [5, 5.41) is 3.92. The van der Waals surface area contributed by atoms with E-state index in [0.717, 1.165) is 18.7 Å². The number of hydrogen-bond acceptors (Lipinski definition) is 3. The first-order chi connectivity index (χ1) is 9.15.